The standard InChI is InChI=1S/C7H5NOS.C2H4O2/c9-5-1-2-6-7(3-5)10-4-8-6;1-2(3)4/h1-4,9H;1H3,(H,3,4). The average molecular weight is 211 g/mol. The van der Waals surface area contributed by atoms with Crippen LogP contribution in [-0.2, 0) is 4.79 Å². The number of carboxylic acid groups (broad SMARTS) is 1. The van der Waals surface area contributed by atoms with Crippen molar-refractivity contribution >= 4 is 27.5 Å². The van der Waals surface area contributed by atoms with Gasteiger partial charge in [0.05, 0.1) is 15.7 Å². The van der Waals surface area contributed by atoms with Gasteiger partial charge in [-0.15, -0.1) is 11.3 Å². The number of carbonyl (C=O) groups is 1. The molecule has 0 amide bonds. The van der Waals surface area contributed by atoms with Gasteiger partial charge >= 0.3 is 0 Å². The van der Waals surface area contributed by atoms with Crippen molar-refractivity contribution in [3.63, 3.8) is 0 Å². The van der Waals surface area contributed by atoms with E-state index in [1.165, 1.54) is 11.3 Å². The van der Waals surface area contributed by atoms with Crippen LogP contribution in [0.1, 0.15) is 6.92 Å². The summed E-state index contributed by atoms with van der Waals surface area (Å²) in [6.07, 6.45) is 0. The van der Waals surface area contributed by atoms with E-state index >= 15 is 0 Å². The van der Waals surface area contributed by atoms with Crippen molar-refractivity contribution in [3.8, 4) is 5.75 Å². The van der Waals surface area contributed by atoms with E-state index in [9.17, 15) is 0 Å². The van der Waals surface area contributed by atoms with Gasteiger partial charge in [-0.1, -0.05) is 0 Å². The highest BCUT2D eigenvalue weighted by Crippen LogP contribution is 2.21. The third kappa shape index (κ3) is 3.02. The zero-order valence-corrected chi connectivity index (χ0v) is 8.28. The van der Waals surface area contributed by atoms with Crippen LogP contribution in [0.5, 0.6) is 5.75 Å². The lowest BCUT2D eigenvalue weighted by atomic mass is 10.3. The van der Waals surface area contributed by atoms with Crippen LogP contribution in [-0.4, -0.2) is 21.2 Å². The number of rotatable bonds is 0. The van der Waals surface area contributed by atoms with Crippen molar-refractivity contribution in [2.24, 2.45) is 0 Å². The summed E-state index contributed by atoms with van der Waals surface area (Å²) in [6.45, 7) is 1.08. The number of benzene rings is 1. The quantitative estimate of drug-likeness (QED) is 0.700. The number of aromatic nitrogens is 1. The largest absolute Gasteiger partial charge is 0.508 e. The van der Waals surface area contributed by atoms with Crippen molar-refractivity contribution < 1.29 is 15.0 Å². The van der Waals surface area contributed by atoms with Gasteiger partial charge < -0.3 is 10.2 Å². The predicted octanol–water partition coefficient (Wildman–Crippen LogP) is 2.09. The molecule has 1 aromatic heterocycles. The molecule has 0 bridgehead atoms. The summed E-state index contributed by atoms with van der Waals surface area (Å²) in [5.74, 6) is -0.531. The Morgan fingerprint density at radius 1 is 1.50 bits per heavy atom. The topological polar surface area (TPSA) is 70.4 Å². The second-order valence-electron chi connectivity index (χ2n) is 2.52. The van der Waals surface area contributed by atoms with Gasteiger partial charge in [-0.05, 0) is 18.2 Å². The molecule has 5 heteroatoms. The number of hydrogen-bond acceptors (Lipinski definition) is 4. The van der Waals surface area contributed by atoms with Crippen molar-refractivity contribution in [1.29, 1.82) is 0 Å². The Hall–Kier alpha value is -1.62. The third-order valence-electron chi connectivity index (χ3n) is 1.31. The van der Waals surface area contributed by atoms with Crippen molar-refractivity contribution in [3.05, 3.63) is 23.7 Å². The molecule has 1 heterocycles. The SMILES string of the molecule is CC(=O)O.Oc1ccc2ncsc2c1. The van der Waals surface area contributed by atoms with E-state index in [2.05, 4.69) is 4.98 Å². The molecule has 0 saturated heterocycles. The van der Waals surface area contributed by atoms with Gasteiger partial charge in [0.15, 0.2) is 0 Å². The van der Waals surface area contributed by atoms with Crippen LogP contribution >= 0.6 is 11.3 Å². The fraction of sp³-hybridized carbons (Fsp3) is 0.111. The maximum atomic E-state index is 9.03. The Labute approximate surface area is 84.5 Å². The molecule has 0 saturated carbocycles. The highest BCUT2D eigenvalue weighted by Gasteiger charge is 1.95. The predicted molar refractivity (Wildman–Crippen MR) is 54.6 cm³/mol. The summed E-state index contributed by atoms with van der Waals surface area (Å²) >= 11 is 1.53. The van der Waals surface area contributed by atoms with Crippen LogP contribution in [0.2, 0.25) is 0 Å². The zero-order chi connectivity index (χ0) is 10.6. The highest BCUT2D eigenvalue weighted by atomic mass is 32.1. The molecule has 0 fully saturated rings. The van der Waals surface area contributed by atoms with Crippen LogP contribution < -0.4 is 0 Å². The molecule has 0 atom stereocenters. The van der Waals surface area contributed by atoms with Gasteiger partial charge in [0.2, 0.25) is 0 Å². The first-order valence-electron chi connectivity index (χ1n) is 3.81. The first-order chi connectivity index (χ1) is 6.59. The molecule has 0 aliphatic rings. The van der Waals surface area contributed by atoms with Crippen LogP contribution in [0.4, 0.5) is 0 Å². The lowest BCUT2D eigenvalue weighted by molar-refractivity contribution is -0.134. The van der Waals surface area contributed by atoms with E-state index in [0.29, 0.717) is 5.75 Å². The van der Waals surface area contributed by atoms with Gasteiger partial charge in [-0.3, -0.25) is 4.79 Å². The fourth-order valence-electron chi connectivity index (χ4n) is 0.844. The molecule has 0 radical (unpaired) electrons. The summed E-state index contributed by atoms with van der Waals surface area (Å²) in [5, 5.41) is 16.4. The molecule has 14 heavy (non-hydrogen) atoms. The number of phenolic OH excluding ortho intramolecular Hbond substituents is 1. The molecule has 0 aliphatic carbocycles. The van der Waals surface area contributed by atoms with Gasteiger partial charge in [-0.25, -0.2) is 4.98 Å². The number of thiazole rings is 1. The van der Waals surface area contributed by atoms with Gasteiger partial charge in [0, 0.05) is 6.92 Å². The molecule has 2 N–H and O–H groups in total. The molecule has 2 rings (SSSR count). The Balaban J connectivity index is 0.000000213. The maximum Gasteiger partial charge on any atom is 0.300 e. The van der Waals surface area contributed by atoms with Crippen molar-refractivity contribution in [1.82, 2.24) is 4.98 Å². The van der Waals surface area contributed by atoms with Crippen LogP contribution in [0.15, 0.2) is 23.7 Å². The third-order valence-corrected chi connectivity index (χ3v) is 2.11. The molecule has 2 aromatic rings. The summed E-state index contributed by atoms with van der Waals surface area (Å²) in [4.78, 5) is 13.1. The summed E-state index contributed by atoms with van der Waals surface area (Å²) in [5.41, 5.74) is 2.72. The van der Waals surface area contributed by atoms with Crippen LogP contribution in [0.3, 0.4) is 0 Å². The first-order valence-corrected chi connectivity index (χ1v) is 4.69. The summed E-state index contributed by atoms with van der Waals surface area (Å²) in [6, 6.07) is 5.16. The second-order valence-corrected chi connectivity index (χ2v) is 3.41. The number of carboxylic acids is 1. The van der Waals surface area contributed by atoms with Crippen LogP contribution in [0.25, 0.3) is 10.2 Å². The highest BCUT2D eigenvalue weighted by molar-refractivity contribution is 7.16. The summed E-state index contributed by atoms with van der Waals surface area (Å²) < 4.78 is 1.03. The molecule has 4 nitrogen and oxygen atoms in total. The van der Waals surface area contributed by atoms with E-state index < -0.39 is 5.97 Å². The second kappa shape index (κ2) is 4.57. The number of hydrogen-bond donors (Lipinski definition) is 2. The average Bonchev–Trinajstić information content (AvgIpc) is 2.49. The minimum Gasteiger partial charge on any atom is -0.508 e. The normalized spacial score (nSPS) is 9.21. The number of phenols is 1. The maximum absolute atomic E-state index is 9.03. The summed E-state index contributed by atoms with van der Waals surface area (Å²) in [7, 11) is 0. The number of fused-ring (bicyclic) bond motifs is 1. The Morgan fingerprint density at radius 3 is 2.79 bits per heavy atom. The lowest BCUT2D eigenvalue weighted by Gasteiger charge is -1.87. The molecule has 0 unspecified atom stereocenters. The minimum absolute atomic E-state index is 0.303. The zero-order valence-electron chi connectivity index (χ0n) is 7.47. The van der Waals surface area contributed by atoms with E-state index in [4.69, 9.17) is 15.0 Å². The van der Waals surface area contributed by atoms with Crippen molar-refractivity contribution in [2.75, 3.05) is 0 Å². The molecule has 0 aliphatic heterocycles. The van der Waals surface area contributed by atoms with Crippen molar-refractivity contribution in [2.45, 2.75) is 6.92 Å². The van der Waals surface area contributed by atoms with E-state index in [1.807, 2.05) is 0 Å². The first kappa shape index (κ1) is 10.5. The molecular weight excluding hydrogens is 202 g/mol. The number of aromatic hydroxyl groups is 1. The van der Waals surface area contributed by atoms with E-state index in [-0.39, 0.29) is 0 Å². The van der Waals surface area contributed by atoms with Gasteiger partial charge in [-0.2, -0.15) is 0 Å². The number of nitrogens with zero attached hydrogens (tertiary/aromatic N) is 1. The molecule has 1 aromatic carbocycles. The Morgan fingerprint density at radius 2 is 2.14 bits per heavy atom. The van der Waals surface area contributed by atoms with Crippen LogP contribution in [0, 0.1) is 0 Å². The minimum atomic E-state index is -0.833. The van der Waals surface area contributed by atoms with E-state index in [1.54, 1.807) is 23.7 Å². The van der Waals surface area contributed by atoms with E-state index in [0.717, 1.165) is 17.1 Å². The van der Waals surface area contributed by atoms with Gasteiger partial charge in [0.25, 0.3) is 5.97 Å². The Bertz CT molecular complexity index is 434. The lowest BCUT2D eigenvalue weighted by Crippen LogP contribution is -1.78. The monoisotopic (exact) mass is 211 g/mol. The molecule has 74 valence electrons. The molecule has 0 spiro atoms. The fourth-order valence-corrected chi connectivity index (χ4v) is 1.55. The molecular formula is C9H9NO3S. The number of aliphatic carboxylic acids is 1. The Kier molecular flexibility index (Phi) is 3.41. The smallest absolute Gasteiger partial charge is 0.300 e. The van der Waals surface area contributed by atoms with Gasteiger partial charge in [0.1, 0.15) is 5.75 Å².